The number of urea groups is 1. The van der Waals surface area contributed by atoms with Crippen LogP contribution < -0.4 is 10.1 Å². The fraction of sp³-hybridized carbons (Fsp3) is 0.625. The van der Waals surface area contributed by atoms with Crippen molar-refractivity contribution in [3.63, 3.8) is 0 Å². The Kier molecular flexibility index (Phi) is 6.49. The minimum Gasteiger partial charge on any atom is -0.497 e. The summed E-state index contributed by atoms with van der Waals surface area (Å²) in [7, 11) is 1.67. The van der Waals surface area contributed by atoms with Crippen molar-refractivity contribution in [3.8, 4) is 5.75 Å². The van der Waals surface area contributed by atoms with E-state index in [1.165, 1.54) is 10.5 Å². The molecule has 2 saturated heterocycles. The molecule has 0 atom stereocenters. The molecule has 168 valence electrons. The van der Waals surface area contributed by atoms with E-state index in [9.17, 15) is 14.4 Å². The van der Waals surface area contributed by atoms with Gasteiger partial charge in [0.25, 0.3) is 5.91 Å². The standard InChI is InChI=1S/C24H33N3O4/c1-31-20-8-6-18(7-9-20)17-19-10-15-26(16-11-19)21(28)5-4-14-27-22(29)24(25-23(27)30)12-2-3-13-24/h6-9,19H,2-5,10-17H2,1H3,(H,25,30). The van der Waals surface area contributed by atoms with Crippen molar-refractivity contribution in [2.75, 3.05) is 26.7 Å². The summed E-state index contributed by atoms with van der Waals surface area (Å²) in [6.07, 6.45) is 7.38. The molecule has 2 aliphatic heterocycles. The Balaban J connectivity index is 1.18. The second-order valence-corrected chi connectivity index (χ2v) is 9.16. The van der Waals surface area contributed by atoms with Crippen molar-refractivity contribution in [1.82, 2.24) is 15.1 Å². The average molecular weight is 428 g/mol. The van der Waals surface area contributed by atoms with Gasteiger partial charge in [-0.2, -0.15) is 0 Å². The zero-order chi connectivity index (χ0) is 21.8. The highest BCUT2D eigenvalue weighted by Gasteiger charge is 2.52. The molecule has 0 unspecified atom stereocenters. The van der Waals surface area contributed by atoms with Crippen LogP contribution in [0.15, 0.2) is 24.3 Å². The number of nitrogens with zero attached hydrogens (tertiary/aromatic N) is 2. The quantitative estimate of drug-likeness (QED) is 0.678. The summed E-state index contributed by atoms with van der Waals surface area (Å²) in [5.74, 6) is 1.49. The molecule has 2 heterocycles. The number of nitrogens with one attached hydrogen (secondary N) is 1. The number of likely N-dealkylation sites (tertiary alicyclic amines) is 1. The van der Waals surface area contributed by atoms with Gasteiger partial charge < -0.3 is 15.0 Å². The summed E-state index contributed by atoms with van der Waals surface area (Å²) in [6, 6.07) is 7.92. The summed E-state index contributed by atoms with van der Waals surface area (Å²) in [4.78, 5) is 40.8. The van der Waals surface area contributed by atoms with Crippen LogP contribution in [-0.2, 0) is 16.0 Å². The highest BCUT2D eigenvalue weighted by Crippen LogP contribution is 2.35. The lowest BCUT2D eigenvalue weighted by molar-refractivity contribution is -0.134. The summed E-state index contributed by atoms with van der Waals surface area (Å²) < 4.78 is 5.21. The van der Waals surface area contributed by atoms with Gasteiger partial charge in [-0.05, 0) is 62.1 Å². The summed E-state index contributed by atoms with van der Waals surface area (Å²) >= 11 is 0. The second kappa shape index (κ2) is 9.28. The molecule has 7 heteroatoms. The van der Waals surface area contributed by atoms with Crippen LogP contribution in [-0.4, -0.2) is 59.9 Å². The SMILES string of the molecule is COc1ccc(CC2CCN(C(=O)CCCN3C(=O)NC4(CCCC4)C3=O)CC2)cc1. The van der Waals surface area contributed by atoms with E-state index in [2.05, 4.69) is 17.4 Å². The Morgan fingerprint density at radius 1 is 1.13 bits per heavy atom. The van der Waals surface area contributed by atoms with Crippen LogP contribution in [0.3, 0.4) is 0 Å². The van der Waals surface area contributed by atoms with Crippen LogP contribution >= 0.6 is 0 Å². The molecule has 1 N–H and O–H groups in total. The zero-order valence-electron chi connectivity index (χ0n) is 18.4. The Bertz CT molecular complexity index is 809. The van der Waals surface area contributed by atoms with E-state index >= 15 is 0 Å². The number of amides is 4. The van der Waals surface area contributed by atoms with Crippen molar-refractivity contribution in [1.29, 1.82) is 0 Å². The first-order valence-electron chi connectivity index (χ1n) is 11.6. The second-order valence-electron chi connectivity index (χ2n) is 9.16. The topological polar surface area (TPSA) is 79.0 Å². The van der Waals surface area contributed by atoms with E-state index in [1.54, 1.807) is 7.11 Å². The molecule has 0 radical (unpaired) electrons. The molecule has 1 aliphatic carbocycles. The van der Waals surface area contributed by atoms with E-state index in [4.69, 9.17) is 4.74 Å². The van der Waals surface area contributed by atoms with Crippen molar-refractivity contribution in [2.24, 2.45) is 5.92 Å². The number of carbonyl (C=O) groups is 3. The molecule has 1 spiro atoms. The number of benzene rings is 1. The largest absolute Gasteiger partial charge is 0.497 e. The lowest BCUT2D eigenvalue weighted by Crippen LogP contribution is -2.44. The van der Waals surface area contributed by atoms with Gasteiger partial charge >= 0.3 is 6.03 Å². The molecule has 7 nitrogen and oxygen atoms in total. The van der Waals surface area contributed by atoms with Crippen LogP contribution in [0.5, 0.6) is 5.75 Å². The number of piperidine rings is 1. The van der Waals surface area contributed by atoms with Gasteiger partial charge in [0.1, 0.15) is 11.3 Å². The zero-order valence-corrected chi connectivity index (χ0v) is 18.4. The highest BCUT2D eigenvalue weighted by atomic mass is 16.5. The minimum absolute atomic E-state index is 0.0956. The van der Waals surface area contributed by atoms with Gasteiger partial charge in [0.05, 0.1) is 7.11 Å². The van der Waals surface area contributed by atoms with E-state index in [0.29, 0.717) is 25.3 Å². The fourth-order valence-electron chi connectivity index (χ4n) is 5.22. The third-order valence-electron chi connectivity index (χ3n) is 7.13. The number of imide groups is 1. The Labute approximate surface area is 184 Å². The van der Waals surface area contributed by atoms with E-state index in [-0.39, 0.29) is 17.8 Å². The number of hydrogen-bond acceptors (Lipinski definition) is 4. The maximum Gasteiger partial charge on any atom is 0.325 e. The number of ether oxygens (including phenoxy) is 1. The predicted octanol–water partition coefficient (Wildman–Crippen LogP) is 3.12. The van der Waals surface area contributed by atoms with Crippen LogP contribution in [0.1, 0.15) is 56.9 Å². The van der Waals surface area contributed by atoms with E-state index < -0.39 is 5.54 Å². The Morgan fingerprint density at radius 2 is 1.81 bits per heavy atom. The molecule has 1 saturated carbocycles. The van der Waals surface area contributed by atoms with E-state index in [1.807, 2.05) is 17.0 Å². The highest BCUT2D eigenvalue weighted by molar-refractivity contribution is 6.07. The summed E-state index contributed by atoms with van der Waals surface area (Å²) in [5, 5.41) is 2.90. The molecule has 3 aliphatic rings. The molecule has 3 fully saturated rings. The number of methoxy groups -OCH3 is 1. The van der Waals surface area contributed by atoms with Crippen LogP contribution in [0.25, 0.3) is 0 Å². The maximum atomic E-state index is 12.7. The number of rotatable bonds is 7. The van der Waals surface area contributed by atoms with Crippen LogP contribution in [0, 0.1) is 5.92 Å². The maximum absolute atomic E-state index is 12.7. The molecule has 1 aromatic rings. The van der Waals surface area contributed by atoms with Crippen molar-refractivity contribution >= 4 is 17.8 Å². The van der Waals surface area contributed by atoms with Gasteiger partial charge in [-0.1, -0.05) is 25.0 Å². The summed E-state index contributed by atoms with van der Waals surface area (Å²) in [6.45, 7) is 1.89. The monoisotopic (exact) mass is 427 g/mol. The van der Waals surface area contributed by atoms with Gasteiger partial charge in [0.2, 0.25) is 5.91 Å². The van der Waals surface area contributed by atoms with Crippen LogP contribution in [0.2, 0.25) is 0 Å². The number of hydrogen-bond donors (Lipinski definition) is 1. The first-order chi connectivity index (χ1) is 15.0. The summed E-state index contributed by atoms with van der Waals surface area (Å²) in [5.41, 5.74) is 0.645. The first kappa shape index (κ1) is 21.7. The molecule has 4 rings (SSSR count). The van der Waals surface area contributed by atoms with Gasteiger partial charge in [0.15, 0.2) is 0 Å². The Morgan fingerprint density at radius 3 is 2.45 bits per heavy atom. The van der Waals surface area contributed by atoms with Gasteiger partial charge in [-0.3, -0.25) is 14.5 Å². The molecular formula is C24H33N3O4. The smallest absolute Gasteiger partial charge is 0.325 e. The molecular weight excluding hydrogens is 394 g/mol. The van der Waals surface area contributed by atoms with Crippen molar-refractivity contribution < 1.29 is 19.1 Å². The fourth-order valence-corrected chi connectivity index (χ4v) is 5.22. The average Bonchev–Trinajstić information content (AvgIpc) is 3.35. The number of carbonyl (C=O) groups excluding carboxylic acids is 3. The first-order valence-corrected chi connectivity index (χ1v) is 11.6. The molecule has 0 bridgehead atoms. The third-order valence-corrected chi connectivity index (χ3v) is 7.13. The lowest BCUT2D eigenvalue weighted by Gasteiger charge is -2.32. The predicted molar refractivity (Wildman–Crippen MR) is 117 cm³/mol. The molecule has 4 amide bonds. The minimum atomic E-state index is -0.660. The molecule has 0 aromatic heterocycles. The van der Waals surface area contributed by atoms with E-state index in [0.717, 1.165) is 63.8 Å². The third kappa shape index (κ3) is 4.70. The van der Waals surface area contributed by atoms with Gasteiger partial charge in [0, 0.05) is 26.1 Å². The Hall–Kier alpha value is -2.57. The van der Waals surface area contributed by atoms with Gasteiger partial charge in [-0.15, -0.1) is 0 Å². The molecule has 31 heavy (non-hydrogen) atoms. The van der Waals surface area contributed by atoms with Crippen LogP contribution in [0.4, 0.5) is 4.79 Å². The van der Waals surface area contributed by atoms with Gasteiger partial charge in [-0.25, -0.2) is 4.79 Å². The normalized spacial score (nSPS) is 21.1. The van der Waals surface area contributed by atoms with Crippen molar-refractivity contribution in [3.05, 3.63) is 29.8 Å². The molecule has 1 aromatic carbocycles. The lowest BCUT2D eigenvalue weighted by atomic mass is 9.90. The van der Waals surface area contributed by atoms with Crippen molar-refractivity contribution in [2.45, 2.75) is 63.3 Å².